The number of anilines is 1. The van der Waals surface area contributed by atoms with E-state index in [4.69, 9.17) is 4.74 Å². The lowest BCUT2D eigenvalue weighted by Gasteiger charge is -2.25. The van der Waals surface area contributed by atoms with E-state index in [-0.39, 0.29) is 29.7 Å². The van der Waals surface area contributed by atoms with E-state index >= 15 is 0 Å². The highest BCUT2D eigenvalue weighted by Gasteiger charge is 2.43. The number of benzene rings is 2. The second-order valence-electron chi connectivity index (χ2n) is 7.75. The molecule has 0 spiro atoms. The van der Waals surface area contributed by atoms with Gasteiger partial charge in [-0.05, 0) is 37.1 Å². The molecule has 0 bridgehead atoms. The van der Waals surface area contributed by atoms with Crippen LogP contribution < -0.4 is 5.32 Å². The highest BCUT2D eigenvalue weighted by molar-refractivity contribution is 7.16. The molecule has 4 rings (SSSR count). The number of rotatable bonds is 8. The van der Waals surface area contributed by atoms with Crippen molar-refractivity contribution in [3.05, 3.63) is 87.8 Å². The fraction of sp³-hybridized carbons (Fsp3) is 0.231. The van der Waals surface area contributed by atoms with E-state index in [0.29, 0.717) is 11.4 Å². The number of esters is 1. The van der Waals surface area contributed by atoms with Gasteiger partial charge in [-0.3, -0.25) is 19.3 Å². The molecule has 2 heterocycles. The van der Waals surface area contributed by atoms with Gasteiger partial charge in [0.2, 0.25) is 5.91 Å². The minimum absolute atomic E-state index is 0.138. The third-order valence-corrected chi connectivity index (χ3v) is 6.77. The van der Waals surface area contributed by atoms with Gasteiger partial charge < -0.3 is 10.1 Å². The summed E-state index contributed by atoms with van der Waals surface area (Å²) in [4.78, 5) is 54.3. The van der Waals surface area contributed by atoms with Gasteiger partial charge in [-0.25, -0.2) is 4.79 Å². The Morgan fingerprint density at radius 3 is 2.18 bits per heavy atom. The van der Waals surface area contributed by atoms with Gasteiger partial charge in [-0.15, -0.1) is 11.3 Å². The van der Waals surface area contributed by atoms with Gasteiger partial charge in [0.25, 0.3) is 11.8 Å². The van der Waals surface area contributed by atoms with Crippen LogP contribution in [0.4, 0.5) is 5.00 Å². The van der Waals surface area contributed by atoms with E-state index in [1.807, 2.05) is 37.3 Å². The minimum Gasteiger partial charge on any atom is -0.462 e. The molecule has 1 aliphatic heterocycles. The predicted molar refractivity (Wildman–Crippen MR) is 129 cm³/mol. The Morgan fingerprint density at radius 2 is 1.59 bits per heavy atom. The van der Waals surface area contributed by atoms with Crippen LogP contribution in [0.2, 0.25) is 0 Å². The smallest absolute Gasteiger partial charge is 0.341 e. The molecule has 8 heteroatoms. The first kappa shape index (κ1) is 23.4. The van der Waals surface area contributed by atoms with Gasteiger partial charge in [0, 0.05) is 11.3 Å². The first-order valence-electron chi connectivity index (χ1n) is 11.1. The average Bonchev–Trinajstić information content (AvgIpc) is 3.37. The standard InChI is InChI=1S/C26H24N2O5S/c1-3-17-15-20(26(32)33-4-2)23(34-17)27-22(29)21(14-16-10-6-5-7-11-16)28-24(30)18-12-8-9-13-19(18)25(28)31/h5-13,15,21H,3-4,14H2,1-2H3,(H,27,29). The van der Waals surface area contributed by atoms with Crippen LogP contribution in [0.3, 0.4) is 0 Å². The number of carbonyl (C=O) groups excluding carboxylic acids is 4. The maximum atomic E-state index is 13.6. The van der Waals surface area contributed by atoms with E-state index in [1.54, 1.807) is 37.3 Å². The normalized spacial score (nSPS) is 13.5. The highest BCUT2D eigenvalue weighted by atomic mass is 32.1. The Labute approximate surface area is 201 Å². The van der Waals surface area contributed by atoms with E-state index < -0.39 is 29.7 Å². The van der Waals surface area contributed by atoms with Crippen molar-refractivity contribution in [3.8, 4) is 0 Å². The first-order chi connectivity index (χ1) is 16.4. The Morgan fingerprint density at radius 1 is 0.971 bits per heavy atom. The quantitative estimate of drug-likeness (QED) is 0.386. The summed E-state index contributed by atoms with van der Waals surface area (Å²) < 4.78 is 5.14. The molecular weight excluding hydrogens is 452 g/mol. The van der Waals surface area contributed by atoms with Crippen molar-refractivity contribution in [1.29, 1.82) is 0 Å². The molecule has 1 aromatic heterocycles. The van der Waals surface area contributed by atoms with Gasteiger partial charge in [-0.2, -0.15) is 0 Å². The van der Waals surface area contributed by atoms with Gasteiger partial charge in [0.15, 0.2) is 0 Å². The Bertz CT molecular complexity index is 1220. The summed E-state index contributed by atoms with van der Waals surface area (Å²) >= 11 is 1.28. The number of ether oxygens (including phenoxy) is 1. The fourth-order valence-corrected chi connectivity index (χ4v) is 4.88. The van der Waals surface area contributed by atoms with Crippen molar-refractivity contribution in [2.24, 2.45) is 0 Å². The number of carbonyl (C=O) groups is 4. The zero-order chi connectivity index (χ0) is 24.2. The minimum atomic E-state index is -1.10. The van der Waals surface area contributed by atoms with E-state index in [1.165, 1.54) is 11.3 Å². The second kappa shape index (κ2) is 10.0. The number of fused-ring (bicyclic) bond motifs is 1. The summed E-state index contributed by atoms with van der Waals surface area (Å²) in [5, 5.41) is 3.14. The molecule has 0 fully saturated rings. The van der Waals surface area contributed by atoms with Crippen LogP contribution in [-0.4, -0.2) is 41.2 Å². The predicted octanol–water partition coefficient (Wildman–Crippen LogP) is 4.33. The van der Waals surface area contributed by atoms with Crippen LogP contribution in [0, 0.1) is 0 Å². The van der Waals surface area contributed by atoms with Crippen LogP contribution in [0.1, 0.15) is 55.4 Å². The maximum Gasteiger partial charge on any atom is 0.341 e. The van der Waals surface area contributed by atoms with Crippen molar-refractivity contribution in [2.45, 2.75) is 32.7 Å². The third kappa shape index (κ3) is 4.49. The lowest BCUT2D eigenvalue weighted by Crippen LogP contribution is -2.48. The second-order valence-corrected chi connectivity index (χ2v) is 8.89. The number of amides is 3. The van der Waals surface area contributed by atoms with E-state index in [9.17, 15) is 19.2 Å². The van der Waals surface area contributed by atoms with Crippen LogP contribution in [0.15, 0.2) is 60.7 Å². The molecule has 1 aliphatic rings. The molecule has 2 aromatic carbocycles. The summed E-state index contributed by atoms with van der Waals surface area (Å²) in [7, 11) is 0. The molecule has 0 aliphatic carbocycles. The topological polar surface area (TPSA) is 92.8 Å². The summed E-state index contributed by atoms with van der Waals surface area (Å²) in [5.41, 5.74) is 1.60. The summed E-state index contributed by atoms with van der Waals surface area (Å²) in [6.07, 6.45) is 0.817. The van der Waals surface area contributed by atoms with Gasteiger partial charge in [-0.1, -0.05) is 49.4 Å². The van der Waals surface area contributed by atoms with Gasteiger partial charge >= 0.3 is 5.97 Å². The Balaban J connectivity index is 1.69. The van der Waals surface area contributed by atoms with Gasteiger partial charge in [0.1, 0.15) is 11.0 Å². The summed E-state index contributed by atoms with van der Waals surface area (Å²) in [6, 6.07) is 16.3. The SMILES string of the molecule is CCOC(=O)c1cc(CC)sc1NC(=O)C(Cc1ccccc1)N1C(=O)c2ccccc2C1=O. The van der Waals surface area contributed by atoms with Gasteiger partial charge in [0.05, 0.1) is 23.3 Å². The molecule has 34 heavy (non-hydrogen) atoms. The molecule has 0 saturated heterocycles. The zero-order valence-electron chi connectivity index (χ0n) is 18.9. The van der Waals surface area contributed by atoms with Crippen molar-refractivity contribution in [3.63, 3.8) is 0 Å². The molecule has 0 saturated carbocycles. The van der Waals surface area contributed by atoms with Crippen molar-refractivity contribution in [1.82, 2.24) is 4.90 Å². The fourth-order valence-electron chi connectivity index (χ4n) is 3.89. The molecule has 3 amide bonds. The van der Waals surface area contributed by atoms with Crippen LogP contribution in [-0.2, 0) is 22.4 Å². The monoisotopic (exact) mass is 476 g/mol. The van der Waals surface area contributed by atoms with E-state index in [0.717, 1.165) is 15.3 Å². The average molecular weight is 477 g/mol. The van der Waals surface area contributed by atoms with E-state index in [2.05, 4.69) is 5.32 Å². The molecule has 0 radical (unpaired) electrons. The molecule has 3 aromatic rings. The number of nitrogens with zero attached hydrogens (tertiary/aromatic N) is 1. The molecule has 7 nitrogen and oxygen atoms in total. The lowest BCUT2D eigenvalue weighted by molar-refractivity contribution is -0.119. The lowest BCUT2D eigenvalue weighted by atomic mass is 10.0. The highest BCUT2D eigenvalue weighted by Crippen LogP contribution is 2.31. The van der Waals surface area contributed by atoms with Crippen molar-refractivity contribution < 1.29 is 23.9 Å². The van der Waals surface area contributed by atoms with Crippen LogP contribution >= 0.6 is 11.3 Å². The maximum absolute atomic E-state index is 13.6. The largest absolute Gasteiger partial charge is 0.462 e. The Hall–Kier alpha value is -3.78. The van der Waals surface area contributed by atoms with Crippen molar-refractivity contribution >= 4 is 40.0 Å². The zero-order valence-corrected chi connectivity index (χ0v) is 19.7. The first-order valence-corrected chi connectivity index (χ1v) is 11.9. The summed E-state index contributed by atoms with van der Waals surface area (Å²) in [6.45, 7) is 3.86. The number of thiophene rings is 1. The number of aryl methyl sites for hydroxylation is 1. The number of hydrogen-bond acceptors (Lipinski definition) is 6. The third-order valence-electron chi connectivity index (χ3n) is 5.58. The number of imide groups is 1. The molecule has 1 atom stereocenters. The molecule has 174 valence electrons. The number of hydrogen-bond donors (Lipinski definition) is 1. The Kier molecular flexibility index (Phi) is 6.88. The number of nitrogens with one attached hydrogen (secondary N) is 1. The van der Waals surface area contributed by atoms with Crippen LogP contribution in [0.5, 0.6) is 0 Å². The summed E-state index contributed by atoms with van der Waals surface area (Å²) in [5.74, 6) is -2.10. The van der Waals surface area contributed by atoms with Crippen LogP contribution in [0.25, 0.3) is 0 Å². The van der Waals surface area contributed by atoms with Crippen molar-refractivity contribution in [2.75, 3.05) is 11.9 Å². The molecule has 1 unspecified atom stereocenters. The molecule has 1 N–H and O–H groups in total. The molecular formula is C26H24N2O5S.